The van der Waals surface area contributed by atoms with Crippen molar-refractivity contribution < 1.29 is 23.5 Å². The molecule has 0 saturated carbocycles. The van der Waals surface area contributed by atoms with Crippen molar-refractivity contribution >= 4 is 11.9 Å². The van der Waals surface area contributed by atoms with Gasteiger partial charge in [-0.05, 0) is 63.9 Å². The molecule has 2 aliphatic heterocycles. The summed E-state index contributed by atoms with van der Waals surface area (Å²) in [5.41, 5.74) is 0.946. The van der Waals surface area contributed by atoms with Crippen LogP contribution in [-0.4, -0.2) is 50.4 Å². The molecular formula is C26H25FN4O4. The van der Waals surface area contributed by atoms with E-state index in [2.05, 4.69) is 15.0 Å². The van der Waals surface area contributed by atoms with Crippen LogP contribution >= 0.6 is 0 Å². The van der Waals surface area contributed by atoms with E-state index in [1.54, 1.807) is 35.6 Å². The van der Waals surface area contributed by atoms with Crippen molar-refractivity contribution in [3.63, 3.8) is 0 Å². The minimum atomic E-state index is -0.755. The van der Waals surface area contributed by atoms with Crippen LogP contribution in [0.15, 0.2) is 48.9 Å². The van der Waals surface area contributed by atoms with Gasteiger partial charge in [-0.25, -0.2) is 24.1 Å². The van der Waals surface area contributed by atoms with Gasteiger partial charge in [0.25, 0.3) is 5.91 Å². The normalized spacial score (nSPS) is 20.8. The minimum absolute atomic E-state index is 0.0599. The van der Waals surface area contributed by atoms with E-state index in [4.69, 9.17) is 9.47 Å². The number of fused-ring (bicyclic) bond motifs is 1. The van der Waals surface area contributed by atoms with Gasteiger partial charge in [-0.3, -0.25) is 4.79 Å². The number of likely N-dealkylation sites (tertiary alicyclic amines) is 1. The number of esters is 1. The Bertz CT molecular complexity index is 1300. The highest BCUT2D eigenvalue weighted by molar-refractivity contribution is 6.00. The summed E-state index contributed by atoms with van der Waals surface area (Å²) in [6.45, 7) is 5.89. The zero-order valence-electron chi connectivity index (χ0n) is 19.7. The number of amides is 1. The lowest BCUT2D eigenvalue weighted by atomic mass is 9.97. The third-order valence-corrected chi connectivity index (χ3v) is 6.51. The summed E-state index contributed by atoms with van der Waals surface area (Å²) in [4.78, 5) is 40.5. The van der Waals surface area contributed by atoms with Crippen molar-refractivity contribution in [1.82, 2.24) is 19.9 Å². The molecule has 3 aromatic rings. The number of hydrogen-bond acceptors (Lipinski definition) is 7. The smallest absolute Gasteiger partial charge is 0.344 e. The van der Waals surface area contributed by atoms with Crippen molar-refractivity contribution in [2.75, 3.05) is 6.54 Å². The quantitative estimate of drug-likeness (QED) is 0.522. The summed E-state index contributed by atoms with van der Waals surface area (Å²) in [7, 11) is 0. The number of nitrogens with zero attached hydrogens (tertiary/aromatic N) is 4. The van der Waals surface area contributed by atoms with E-state index in [-0.39, 0.29) is 36.3 Å². The fourth-order valence-electron chi connectivity index (χ4n) is 4.66. The van der Waals surface area contributed by atoms with Crippen LogP contribution in [0.2, 0.25) is 0 Å². The molecule has 1 amide bonds. The van der Waals surface area contributed by atoms with Crippen LogP contribution in [0.5, 0.6) is 5.88 Å². The number of halogens is 1. The number of carbonyl (C=O) groups excluding carboxylic acids is 2. The molecule has 8 nitrogen and oxygen atoms in total. The first-order chi connectivity index (χ1) is 16.7. The van der Waals surface area contributed by atoms with Gasteiger partial charge in [0.2, 0.25) is 5.88 Å². The molecule has 1 aromatic carbocycles. The van der Waals surface area contributed by atoms with Gasteiger partial charge in [-0.1, -0.05) is 0 Å². The molecule has 1 saturated heterocycles. The third kappa shape index (κ3) is 4.22. The lowest BCUT2D eigenvalue weighted by Crippen LogP contribution is -2.49. The van der Waals surface area contributed by atoms with Crippen LogP contribution in [0.4, 0.5) is 4.39 Å². The van der Waals surface area contributed by atoms with E-state index in [9.17, 15) is 14.0 Å². The summed E-state index contributed by atoms with van der Waals surface area (Å²) in [6.07, 6.45) is 5.70. The molecule has 0 unspecified atom stereocenters. The van der Waals surface area contributed by atoms with Crippen molar-refractivity contribution in [3.8, 4) is 17.3 Å². The van der Waals surface area contributed by atoms with E-state index < -0.39 is 17.4 Å². The Morgan fingerprint density at radius 1 is 1.14 bits per heavy atom. The molecule has 2 aromatic heterocycles. The highest BCUT2D eigenvalue weighted by Gasteiger charge is 2.41. The van der Waals surface area contributed by atoms with Gasteiger partial charge >= 0.3 is 5.97 Å². The van der Waals surface area contributed by atoms with Crippen LogP contribution in [0.25, 0.3) is 11.4 Å². The molecule has 35 heavy (non-hydrogen) atoms. The van der Waals surface area contributed by atoms with Gasteiger partial charge in [-0.15, -0.1) is 0 Å². The number of piperidine rings is 1. The highest BCUT2D eigenvalue weighted by atomic mass is 19.1. The molecule has 0 radical (unpaired) electrons. The lowest BCUT2D eigenvalue weighted by Gasteiger charge is -2.38. The first kappa shape index (κ1) is 22.9. The molecule has 0 spiro atoms. The fourth-order valence-corrected chi connectivity index (χ4v) is 4.66. The second-order valence-corrected chi connectivity index (χ2v) is 9.32. The topological polar surface area (TPSA) is 94.5 Å². The Hall–Kier alpha value is -3.88. The standard InChI is InChI=1S/C26H25FN4O4/c1-15-5-7-17(34-23-21-20(9-12-30-23)26(2,3)35-25(21)33)14-31(15)24(32)18-8-6-16(27)13-19(18)22-28-10-4-11-29-22/h4,6,8-13,15,17H,5,7,14H2,1-3H3/t15-,17-/m1/s1. The number of ether oxygens (including phenoxy) is 2. The molecule has 0 N–H and O–H groups in total. The zero-order chi connectivity index (χ0) is 24.7. The number of carbonyl (C=O) groups is 2. The predicted molar refractivity (Wildman–Crippen MR) is 124 cm³/mol. The maximum absolute atomic E-state index is 14.1. The summed E-state index contributed by atoms with van der Waals surface area (Å²) < 4.78 is 25.7. The molecule has 2 aliphatic rings. The van der Waals surface area contributed by atoms with Crippen molar-refractivity contribution in [2.45, 2.75) is 51.4 Å². The maximum Gasteiger partial charge on any atom is 0.344 e. The summed E-state index contributed by atoms with van der Waals surface area (Å²) in [5.74, 6) is -0.719. The number of aromatic nitrogens is 3. The van der Waals surface area contributed by atoms with Gasteiger partial charge in [0.1, 0.15) is 23.1 Å². The average molecular weight is 477 g/mol. The maximum atomic E-state index is 14.1. The molecule has 180 valence electrons. The van der Waals surface area contributed by atoms with Crippen molar-refractivity contribution in [3.05, 3.63) is 71.4 Å². The SMILES string of the molecule is C[C@@H]1CC[C@@H](Oc2nccc3c2C(=O)OC3(C)C)CN1C(=O)c1ccc(F)cc1-c1ncccn1. The number of rotatable bonds is 4. The molecule has 4 heterocycles. The Morgan fingerprint density at radius 3 is 2.69 bits per heavy atom. The average Bonchev–Trinajstić information content (AvgIpc) is 3.09. The molecular weight excluding hydrogens is 451 g/mol. The number of pyridine rings is 1. The Morgan fingerprint density at radius 2 is 1.91 bits per heavy atom. The van der Waals surface area contributed by atoms with E-state index in [0.29, 0.717) is 29.5 Å². The number of hydrogen-bond donors (Lipinski definition) is 0. The molecule has 1 fully saturated rings. The molecule has 0 aliphatic carbocycles. The highest BCUT2D eigenvalue weighted by Crippen LogP contribution is 2.40. The summed E-state index contributed by atoms with van der Waals surface area (Å²) in [6, 6.07) is 7.35. The van der Waals surface area contributed by atoms with E-state index in [1.807, 2.05) is 20.8 Å². The first-order valence-electron chi connectivity index (χ1n) is 11.5. The molecule has 2 atom stereocenters. The fraction of sp³-hybridized carbons (Fsp3) is 0.346. The second kappa shape index (κ2) is 8.72. The van der Waals surface area contributed by atoms with Crippen LogP contribution in [0, 0.1) is 5.82 Å². The van der Waals surface area contributed by atoms with E-state index in [1.165, 1.54) is 18.2 Å². The van der Waals surface area contributed by atoms with Crippen LogP contribution in [0.3, 0.4) is 0 Å². The van der Waals surface area contributed by atoms with Crippen LogP contribution in [-0.2, 0) is 10.3 Å². The van der Waals surface area contributed by atoms with Crippen molar-refractivity contribution in [2.24, 2.45) is 0 Å². The van der Waals surface area contributed by atoms with E-state index in [0.717, 1.165) is 5.56 Å². The summed E-state index contributed by atoms with van der Waals surface area (Å²) in [5, 5.41) is 0. The van der Waals surface area contributed by atoms with Gasteiger partial charge in [0, 0.05) is 35.8 Å². The Balaban J connectivity index is 1.42. The minimum Gasteiger partial charge on any atom is -0.472 e. The Kier molecular flexibility index (Phi) is 5.70. The van der Waals surface area contributed by atoms with Crippen LogP contribution < -0.4 is 4.74 Å². The monoisotopic (exact) mass is 476 g/mol. The second-order valence-electron chi connectivity index (χ2n) is 9.32. The largest absolute Gasteiger partial charge is 0.472 e. The summed E-state index contributed by atoms with van der Waals surface area (Å²) >= 11 is 0. The van der Waals surface area contributed by atoms with Gasteiger partial charge in [0.05, 0.1) is 12.1 Å². The van der Waals surface area contributed by atoms with Gasteiger partial charge < -0.3 is 14.4 Å². The first-order valence-corrected chi connectivity index (χ1v) is 11.5. The zero-order valence-corrected chi connectivity index (χ0v) is 19.7. The lowest BCUT2D eigenvalue weighted by molar-refractivity contribution is 0.00905. The van der Waals surface area contributed by atoms with E-state index >= 15 is 0 Å². The molecule has 5 rings (SSSR count). The number of benzene rings is 1. The molecule has 9 heteroatoms. The van der Waals surface area contributed by atoms with Crippen molar-refractivity contribution in [1.29, 1.82) is 0 Å². The van der Waals surface area contributed by atoms with Gasteiger partial charge in [-0.2, -0.15) is 0 Å². The number of cyclic esters (lactones) is 1. The predicted octanol–water partition coefficient (Wildman–Crippen LogP) is 4.16. The third-order valence-electron chi connectivity index (χ3n) is 6.51. The van der Waals surface area contributed by atoms with Crippen LogP contribution in [0.1, 0.15) is 59.9 Å². The van der Waals surface area contributed by atoms with Gasteiger partial charge in [0.15, 0.2) is 5.82 Å². The Labute approximate surface area is 202 Å². The molecule has 0 bridgehead atoms.